The summed E-state index contributed by atoms with van der Waals surface area (Å²) in [6.45, 7) is 1.37. The van der Waals surface area contributed by atoms with Gasteiger partial charge in [-0.05, 0) is 25.7 Å². The van der Waals surface area contributed by atoms with Crippen molar-refractivity contribution in [2.75, 3.05) is 13.2 Å². The molecule has 3 fully saturated rings. The van der Waals surface area contributed by atoms with Crippen molar-refractivity contribution in [2.24, 2.45) is 11.8 Å². The van der Waals surface area contributed by atoms with Crippen LogP contribution in [0.4, 0.5) is 0 Å². The third kappa shape index (κ3) is 1.40. The summed E-state index contributed by atoms with van der Waals surface area (Å²) in [5.74, 6) is -0.479. The molecule has 16 heavy (non-hydrogen) atoms. The van der Waals surface area contributed by atoms with Crippen LogP contribution in [0.5, 0.6) is 0 Å². The Hall–Kier alpha value is -0.870. The molecule has 1 N–H and O–H groups in total. The molecular weight excluding hydrogens is 208 g/mol. The number of carboxylic acid groups (broad SMARTS) is 1. The number of rotatable bonds is 1. The van der Waals surface area contributed by atoms with Gasteiger partial charge in [0.1, 0.15) is 0 Å². The van der Waals surface area contributed by atoms with Crippen molar-refractivity contribution < 1.29 is 19.4 Å². The van der Waals surface area contributed by atoms with Gasteiger partial charge in [-0.2, -0.15) is 0 Å². The fraction of sp³-hybridized carbons (Fsp3) is 0.750. The number of aliphatic carboxylic acids is 1. The van der Waals surface area contributed by atoms with Crippen LogP contribution >= 0.6 is 0 Å². The molecule has 3 aliphatic rings. The zero-order valence-electron chi connectivity index (χ0n) is 9.15. The Morgan fingerprint density at radius 3 is 2.31 bits per heavy atom. The smallest absolute Gasteiger partial charge is 0.328 e. The molecule has 0 radical (unpaired) electrons. The summed E-state index contributed by atoms with van der Waals surface area (Å²) in [6, 6.07) is 0. The Balaban J connectivity index is 1.84. The zero-order valence-corrected chi connectivity index (χ0v) is 9.15. The Morgan fingerprint density at radius 1 is 1.25 bits per heavy atom. The second-order valence-corrected chi connectivity index (χ2v) is 4.94. The first kappa shape index (κ1) is 10.3. The summed E-state index contributed by atoms with van der Waals surface area (Å²) in [7, 11) is 0. The molecule has 0 amide bonds. The van der Waals surface area contributed by atoms with Gasteiger partial charge in [0.15, 0.2) is 5.79 Å². The lowest BCUT2D eigenvalue weighted by molar-refractivity contribution is -0.216. The van der Waals surface area contributed by atoms with Gasteiger partial charge in [-0.25, -0.2) is 4.79 Å². The van der Waals surface area contributed by atoms with Gasteiger partial charge in [0.2, 0.25) is 0 Å². The lowest BCUT2D eigenvalue weighted by Gasteiger charge is -2.39. The van der Waals surface area contributed by atoms with Gasteiger partial charge in [-0.1, -0.05) is 5.57 Å². The van der Waals surface area contributed by atoms with Crippen molar-refractivity contribution in [2.45, 2.75) is 31.5 Å². The van der Waals surface area contributed by atoms with E-state index in [2.05, 4.69) is 0 Å². The Kier molecular flexibility index (Phi) is 2.30. The highest BCUT2D eigenvalue weighted by Crippen LogP contribution is 2.55. The van der Waals surface area contributed by atoms with E-state index < -0.39 is 5.97 Å². The van der Waals surface area contributed by atoms with Crippen LogP contribution in [0, 0.1) is 11.8 Å². The lowest BCUT2D eigenvalue weighted by Crippen LogP contribution is -2.44. The average molecular weight is 224 g/mol. The first-order valence-corrected chi connectivity index (χ1v) is 5.91. The number of hydrogen-bond donors (Lipinski definition) is 1. The average Bonchev–Trinajstić information content (AvgIpc) is 2.75. The van der Waals surface area contributed by atoms with Gasteiger partial charge in [0.25, 0.3) is 0 Å². The number of carboxylic acids is 1. The third-order valence-electron chi connectivity index (χ3n) is 4.09. The molecule has 2 bridgehead atoms. The van der Waals surface area contributed by atoms with Gasteiger partial charge >= 0.3 is 5.97 Å². The maximum Gasteiger partial charge on any atom is 0.328 e. The maximum absolute atomic E-state index is 10.7. The summed E-state index contributed by atoms with van der Waals surface area (Å²) >= 11 is 0. The molecule has 1 heterocycles. The fourth-order valence-corrected chi connectivity index (χ4v) is 3.55. The molecule has 1 aliphatic heterocycles. The monoisotopic (exact) mass is 224 g/mol. The minimum atomic E-state index is -0.835. The molecular formula is C12H16O4. The van der Waals surface area contributed by atoms with E-state index in [4.69, 9.17) is 14.6 Å². The van der Waals surface area contributed by atoms with Gasteiger partial charge in [-0.15, -0.1) is 0 Å². The Bertz CT molecular complexity index is 323. The van der Waals surface area contributed by atoms with Crippen LogP contribution in [-0.2, 0) is 14.3 Å². The van der Waals surface area contributed by atoms with Crippen LogP contribution in [0.15, 0.2) is 11.6 Å². The van der Waals surface area contributed by atoms with E-state index in [1.807, 2.05) is 0 Å². The van der Waals surface area contributed by atoms with Crippen LogP contribution in [0.1, 0.15) is 25.7 Å². The number of hydrogen-bond acceptors (Lipinski definition) is 3. The van der Waals surface area contributed by atoms with Crippen molar-refractivity contribution in [1.82, 2.24) is 0 Å². The fourth-order valence-electron chi connectivity index (χ4n) is 3.55. The molecule has 0 aromatic rings. The van der Waals surface area contributed by atoms with Crippen molar-refractivity contribution in [3.05, 3.63) is 11.6 Å². The standard InChI is InChI=1S/C12H16O4/c13-11(14)7-8-5-9-1-2-10(6-8)12(9)15-3-4-16-12/h7,9-10H,1-6H2,(H,13,14)/t9-,10+. The van der Waals surface area contributed by atoms with Gasteiger partial charge < -0.3 is 14.6 Å². The molecule has 1 spiro atoms. The number of allylic oxidation sites excluding steroid dienone is 1. The summed E-state index contributed by atoms with van der Waals surface area (Å²) < 4.78 is 11.6. The summed E-state index contributed by atoms with van der Waals surface area (Å²) in [5.41, 5.74) is 1.05. The van der Waals surface area contributed by atoms with E-state index >= 15 is 0 Å². The molecule has 0 aromatic heterocycles. The topological polar surface area (TPSA) is 55.8 Å². The molecule has 2 aliphatic carbocycles. The van der Waals surface area contributed by atoms with E-state index in [9.17, 15) is 4.79 Å². The molecule has 4 heteroatoms. The highest BCUT2D eigenvalue weighted by molar-refractivity contribution is 5.80. The van der Waals surface area contributed by atoms with Crippen LogP contribution in [0.2, 0.25) is 0 Å². The van der Waals surface area contributed by atoms with Gasteiger partial charge in [0.05, 0.1) is 13.2 Å². The number of ether oxygens (including phenoxy) is 2. The molecule has 0 aromatic carbocycles. The van der Waals surface area contributed by atoms with Crippen molar-refractivity contribution in [3.63, 3.8) is 0 Å². The summed E-state index contributed by atoms with van der Waals surface area (Å²) in [6.07, 6.45) is 5.21. The molecule has 0 unspecified atom stereocenters. The van der Waals surface area contributed by atoms with Crippen molar-refractivity contribution in [3.8, 4) is 0 Å². The van der Waals surface area contributed by atoms with E-state index in [0.29, 0.717) is 25.0 Å². The molecule has 1 saturated heterocycles. The quantitative estimate of drug-likeness (QED) is 0.687. The van der Waals surface area contributed by atoms with Crippen molar-refractivity contribution in [1.29, 1.82) is 0 Å². The predicted molar refractivity (Wildman–Crippen MR) is 55.8 cm³/mol. The van der Waals surface area contributed by atoms with Crippen LogP contribution in [0.25, 0.3) is 0 Å². The maximum atomic E-state index is 10.7. The third-order valence-corrected chi connectivity index (χ3v) is 4.09. The Labute approximate surface area is 94.2 Å². The van der Waals surface area contributed by atoms with Gasteiger partial charge in [-0.3, -0.25) is 0 Å². The highest BCUT2D eigenvalue weighted by Gasteiger charge is 2.57. The molecule has 3 rings (SSSR count). The van der Waals surface area contributed by atoms with Crippen LogP contribution < -0.4 is 0 Å². The first-order chi connectivity index (χ1) is 7.71. The normalized spacial score (nSPS) is 38.4. The lowest BCUT2D eigenvalue weighted by atomic mass is 9.79. The van der Waals surface area contributed by atoms with Crippen LogP contribution in [0.3, 0.4) is 0 Å². The number of carbonyl (C=O) groups is 1. The summed E-state index contributed by atoms with van der Waals surface area (Å²) in [5, 5.41) is 8.78. The minimum absolute atomic E-state index is 0.361. The molecule has 88 valence electrons. The van der Waals surface area contributed by atoms with E-state index in [1.54, 1.807) is 0 Å². The molecule has 4 nitrogen and oxygen atoms in total. The molecule has 2 saturated carbocycles. The van der Waals surface area contributed by atoms with Crippen LogP contribution in [-0.4, -0.2) is 30.1 Å². The zero-order chi connectivity index (χ0) is 11.2. The molecule has 2 atom stereocenters. The van der Waals surface area contributed by atoms with E-state index in [-0.39, 0.29) is 5.79 Å². The minimum Gasteiger partial charge on any atom is -0.478 e. The SMILES string of the molecule is O=C(O)C=C1C[C@H]2CC[C@@H](C1)C21OCCO1. The van der Waals surface area contributed by atoms with E-state index in [1.165, 1.54) is 6.08 Å². The summed E-state index contributed by atoms with van der Waals surface area (Å²) in [4.78, 5) is 10.7. The predicted octanol–water partition coefficient (Wildman–Crippen LogP) is 1.56. The second-order valence-electron chi connectivity index (χ2n) is 4.94. The first-order valence-electron chi connectivity index (χ1n) is 5.91. The van der Waals surface area contributed by atoms with E-state index in [0.717, 1.165) is 31.3 Å². The Morgan fingerprint density at radius 2 is 1.81 bits per heavy atom. The second kappa shape index (κ2) is 3.57. The van der Waals surface area contributed by atoms with Gasteiger partial charge in [0, 0.05) is 17.9 Å². The highest BCUT2D eigenvalue weighted by atomic mass is 16.7. The van der Waals surface area contributed by atoms with Crippen molar-refractivity contribution >= 4 is 5.97 Å². The largest absolute Gasteiger partial charge is 0.478 e.